The molecule has 2 aromatic carbocycles. The topological polar surface area (TPSA) is 129 Å². The Morgan fingerprint density at radius 1 is 0.903 bits per heavy atom. The molecule has 0 saturated heterocycles. The highest BCUT2D eigenvalue weighted by atomic mass is 32.2. The van der Waals surface area contributed by atoms with Crippen LogP contribution >= 0.6 is 0 Å². The molecule has 1 aromatic heterocycles. The standard InChI is InChI=1S/C20H20N4O6S/c1-28-16-11-13(12-17(29-2)18(16)30-3)19(25)23-14-5-7-15(8-6-14)31(26,27)24-20-21-9-4-10-22-20/h4-12H,1-3H3,(H,23,25)(H,21,22,24). The Morgan fingerprint density at radius 3 is 2.00 bits per heavy atom. The van der Waals surface area contributed by atoms with Gasteiger partial charge in [-0.1, -0.05) is 0 Å². The van der Waals surface area contributed by atoms with Crippen molar-refractivity contribution in [2.75, 3.05) is 31.4 Å². The van der Waals surface area contributed by atoms with Crippen molar-refractivity contribution < 1.29 is 27.4 Å². The summed E-state index contributed by atoms with van der Waals surface area (Å²) < 4.78 is 42.9. The van der Waals surface area contributed by atoms with Crippen molar-refractivity contribution in [3.63, 3.8) is 0 Å². The molecule has 0 aliphatic rings. The molecule has 0 unspecified atom stereocenters. The van der Waals surface area contributed by atoms with Gasteiger partial charge in [0.1, 0.15) is 0 Å². The number of rotatable bonds is 8. The number of carbonyl (C=O) groups excluding carboxylic acids is 1. The molecule has 0 aliphatic heterocycles. The van der Waals surface area contributed by atoms with Gasteiger partial charge in [0.15, 0.2) is 11.5 Å². The van der Waals surface area contributed by atoms with Crippen molar-refractivity contribution >= 4 is 27.6 Å². The van der Waals surface area contributed by atoms with Crippen molar-refractivity contribution in [1.82, 2.24) is 9.97 Å². The highest BCUT2D eigenvalue weighted by molar-refractivity contribution is 7.92. The summed E-state index contributed by atoms with van der Waals surface area (Å²) in [6.07, 6.45) is 2.85. The van der Waals surface area contributed by atoms with Gasteiger partial charge in [-0.2, -0.15) is 0 Å². The van der Waals surface area contributed by atoms with E-state index in [2.05, 4.69) is 20.0 Å². The van der Waals surface area contributed by atoms with E-state index in [9.17, 15) is 13.2 Å². The van der Waals surface area contributed by atoms with Crippen LogP contribution in [-0.2, 0) is 10.0 Å². The summed E-state index contributed by atoms with van der Waals surface area (Å²) in [5, 5.41) is 2.70. The van der Waals surface area contributed by atoms with E-state index in [1.54, 1.807) is 6.07 Å². The van der Waals surface area contributed by atoms with Crippen LogP contribution in [0.5, 0.6) is 17.2 Å². The molecule has 11 heteroatoms. The number of hydrogen-bond acceptors (Lipinski definition) is 8. The Kier molecular flexibility index (Phi) is 6.55. The maximum atomic E-state index is 12.7. The number of amides is 1. The number of carbonyl (C=O) groups is 1. The van der Waals surface area contributed by atoms with Crippen LogP contribution < -0.4 is 24.2 Å². The molecule has 31 heavy (non-hydrogen) atoms. The lowest BCUT2D eigenvalue weighted by Gasteiger charge is -2.14. The predicted octanol–water partition coefficient (Wildman–Crippen LogP) is 2.56. The lowest BCUT2D eigenvalue weighted by atomic mass is 10.1. The van der Waals surface area contributed by atoms with Crippen molar-refractivity contribution in [2.45, 2.75) is 4.90 Å². The number of ether oxygens (including phenoxy) is 3. The lowest BCUT2D eigenvalue weighted by molar-refractivity contribution is 0.102. The first-order valence-electron chi connectivity index (χ1n) is 8.89. The first-order chi connectivity index (χ1) is 14.9. The van der Waals surface area contributed by atoms with Crippen molar-refractivity contribution in [2.24, 2.45) is 0 Å². The summed E-state index contributed by atoms with van der Waals surface area (Å²) in [6.45, 7) is 0. The molecule has 0 fully saturated rings. The van der Waals surface area contributed by atoms with Crippen LogP contribution in [0.4, 0.5) is 11.6 Å². The van der Waals surface area contributed by atoms with E-state index < -0.39 is 15.9 Å². The van der Waals surface area contributed by atoms with Gasteiger partial charge in [-0.25, -0.2) is 23.1 Å². The Balaban J connectivity index is 1.77. The second-order valence-corrected chi connectivity index (χ2v) is 7.75. The van der Waals surface area contributed by atoms with Crippen LogP contribution in [0.1, 0.15) is 10.4 Å². The molecule has 0 bridgehead atoms. The number of methoxy groups -OCH3 is 3. The van der Waals surface area contributed by atoms with Gasteiger partial charge in [-0.15, -0.1) is 0 Å². The van der Waals surface area contributed by atoms with Gasteiger partial charge in [-0.3, -0.25) is 4.79 Å². The molecule has 0 spiro atoms. The fourth-order valence-corrected chi connectivity index (χ4v) is 3.62. The van der Waals surface area contributed by atoms with Gasteiger partial charge in [0.05, 0.1) is 26.2 Å². The predicted molar refractivity (Wildman–Crippen MR) is 113 cm³/mol. The van der Waals surface area contributed by atoms with E-state index >= 15 is 0 Å². The third kappa shape index (κ3) is 5.01. The van der Waals surface area contributed by atoms with Gasteiger partial charge < -0.3 is 19.5 Å². The quantitative estimate of drug-likeness (QED) is 0.542. The largest absolute Gasteiger partial charge is 0.493 e. The van der Waals surface area contributed by atoms with Crippen LogP contribution in [0.3, 0.4) is 0 Å². The number of aromatic nitrogens is 2. The van der Waals surface area contributed by atoms with E-state index in [0.29, 0.717) is 22.9 Å². The van der Waals surface area contributed by atoms with Crippen LogP contribution in [0.2, 0.25) is 0 Å². The first kappa shape index (κ1) is 21.8. The molecular weight excluding hydrogens is 424 g/mol. The minimum absolute atomic E-state index is 0.00858. The van der Waals surface area contributed by atoms with Crippen molar-refractivity contribution in [1.29, 1.82) is 0 Å². The number of sulfonamides is 1. The van der Waals surface area contributed by atoms with Gasteiger partial charge in [0.2, 0.25) is 11.7 Å². The monoisotopic (exact) mass is 444 g/mol. The van der Waals surface area contributed by atoms with E-state index in [1.807, 2.05) is 0 Å². The van der Waals surface area contributed by atoms with Gasteiger partial charge >= 0.3 is 0 Å². The highest BCUT2D eigenvalue weighted by Gasteiger charge is 2.18. The summed E-state index contributed by atoms with van der Waals surface area (Å²) in [4.78, 5) is 20.3. The second-order valence-electron chi connectivity index (χ2n) is 6.07. The van der Waals surface area contributed by atoms with E-state index in [0.717, 1.165) is 0 Å². The fourth-order valence-electron chi connectivity index (χ4n) is 2.66. The molecule has 1 amide bonds. The number of anilines is 2. The zero-order valence-electron chi connectivity index (χ0n) is 16.9. The number of nitrogens with zero attached hydrogens (tertiary/aromatic N) is 2. The number of nitrogens with one attached hydrogen (secondary N) is 2. The molecule has 0 aliphatic carbocycles. The zero-order valence-corrected chi connectivity index (χ0v) is 17.8. The minimum Gasteiger partial charge on any atom is -0.493 e. The Bertz CT molecular complexity index is 1140. The smallest absolute Gasteiger partial charge is 0.264 e. The lowest BCUT2D eigenvalue weighted by Crippen LogP contribution is -2.15. The van der Waals surface area contributed by atoms with Gasteiger partial charge in [-0.05, 0) is 42.5 Å². The summed E-state index contributed by atoms with van der Waals surface area (Å²) >= 11 is 0. The summed E-state index contributed by atoms with van der Waals surface area (Å²) in [5.74, 6) is 0.559. The first-order valence-corrected chi connectivity index (χ1v) is 10.4. The second kappa shape index (κ2) is 9.30. The van der Waals surface area contributed by atoms with Crippen LogP contribution in [0, 0.1) is 0 Å². The number of hydrogen-bond donors (Lipinski definition) is 2. The third-order valence-corrected chi connectivity index (χ3v) is 5.48. The molecule has 0 saturated carbocycles. The number of benzene rings is 2. The average Bonchev–Trinajstić information content (AvgIpc) is 2.78. The summed E-state index contributed by atoms with van der Waals surface area (Å²) in [5.41, 5.74) is 0.669. The molecule has 3 aromatic rings. The maximum absolute atomic E-state index is 12.7. The van der Waals surface area contributed by atoms with Crippen LogP contribution in [0.25, 0.3) is 0 Å². The molecule has 10 nitrogen and oxygen atoms in total. The highest BCUT2D eigenvalue weighted by Crippen LogP contribution is 2.38. The molecule has 3 rings (SSSR count). The molecular formula is C20H20N4O6S. The maximum Gasteiger partial charge on any atom is 0.264 e. The van der Waals surface area contributed by atoms with Gasteiger partial charge in [0, 0.05) is 23.6 Å². The van der Waals surface area contributed by atoms with Crippen molar-refractivity contribution in [3.05, 3.63) is 60.4 Å². The Morgan fingerprint density at radius 2 is 1.48 bits per heavy atom. The molecule has 2 N–H and O–H groups in total. The van der Waals surface area contributed by atoms with Crippen LogP contribution in [0.15, 0.2) is 59.8 Å². The Hall–Kier alpha value is -3.86. The third-order valence-electron chi connectivity index (χ3n) is 4.14. The average molecular weight is 444 g/mol. The van der Waals surface area contributed by atoms with Gasteiger partial charge in [0.25, 0.3) is 15.9 Å². The SMILES string of the molecule is COc1cc(C(=O)Nc2ccc(S(=O)(=O)Nc3ncccn3)cc2)cc(OC)c1OC. The van der Waals surface area contributed by atoms with E-state index in [1.165, 1.54) is 70.1 Å². The van der Waals surface area contributed by atoms with Crippen LogP contribution in [-0.4, -0.2) is 45.6 Å². The van der Waals surface area contributed by atoms with Crippen molar-refractivity contribution in [3.8, 4) is 17.2 Å². The molecule has 0 radical (unpaired) electrons. The Labute approximate surface area is 179 Å². The van der Waals surface area contributed by atoms with E-state index in [-0.39, 0.29) is 16.4 Å². The fraction of sp³-hybridized carbons (Fsp3) is 0.150. The minimum atomic E-state index is -3.87. The summed E-state index contributed by atoms with van der Waals surface area (Å²) in [7, 11) is 0.498. The summed E-state index contributed by atoms with van der Waals surface area (Å²) in [6, 6.07) is 10.3. The van der Waals surface area contributed by atoms with E-state index in [4.69, 9.17) is 14.2 Å². The molecule has 0 atom stereocenters. The molecule has 1 heterocycles. The molecule has 162 valence electrons. The normalized spacial score (nSPS) is 10.8. The zero-order chi connectivity index (χ0) is 22.4.